The van der Waals surface area contributed by atoms with Gasteiger partial charge in [0.25, 0.3) is 0 Å². The predicted molar refractivity (Wildman–Crippen MR) is 114 cm³/mol. The fourth-order valence-corrected chi connectivity index (χ4v) is 4.33. The molecule has 2 heterocycles. The van der Waals surface area contributed by atoms with Crippen molar-refractivity contribution in [1.29, 1.82) is 0 Å². The molecule has 29 heavy (non-hydrogen) atoms. The molecular formula is C20H22ClFN4O2S. The maximum Gasteiger partial charge on any atom is 0.244 e. The first kappa shape index (κ1) is 21.4. The van der Waals surface area contributed by atoms with Crippen LogP contribution < -0.4 is 5.73 Å². The number of hydrogen-bond donors (Lipinski definition) is 1. The minimum absolute atomic E-state index is 0.00297. The number of nitrogens with two attached hydrogens (primary N) is 1. The topological polar surface area (TPSA) is 81.2 Å². The van der Waals surface area contributed by atoms with Crippen LogP contribution in [-0.2, 0) is 16.6 Å². The van der Waals surface area contributed by atoms with Crippen molar-refractivity contribution in [3.63, 3.8) is 0 Å². The molecule has 0 radical (unpaired) electrons. The molecule has 6 nitrogen and oxygen atoms in total. The molecule has 0 amide bonds. The summed E-state index contributed by atoms with van der Waals surface area (Å²) in [6.45, 7) is 1.96. The van der Waals surface area contributed by atoms with Crippen molar-refractivity contribution < 1.29 is 12.8 Å². The molecule has 1 aromatic carbocycles. The molecule has 2 N–H and O–H groups in total. The summed E-state index contributed by atoms with van der Waals surface area (Å²) in [5, 5.41) is 1.35. The van der Waals surface area contributed by atoms with Crippen LogP contribution >= 0.6 is 11.6 Å². The van der Waals surface area contributed by atoms with Gasteiger partial charge in [0.1, 0.15) is 10.7 Å². The van der Waals surface area contributed by atoms with Gasteiger partial charge in [-0.3, -0.25) is 4.98 Å². The van der Waals surface area contributed by atoms with Gasteiger partial charge in [-0.25, -0.2) is 17.1 Å². The maximum absolute atomic E-state index is 14.2. The largest absolute Gasteiger partial charge is 0.337 e. The van der Waals surface area contributed by atoms with E-state index >= 15 is 0 Å². The molecule has 0 saturated carbocycles. The second-order valence-corrected chi connectivity index (χ2v) is 9.38. The average Bonchev–Trinajstić information content (AvgIpc) is 2.93. The second kappa shape index (κ2) is 8.23. The Morgan fingerprint density at radius 2 is 2.03 bits per heavy atom. The monoisotopic (exact) mass is 436 g/mol. The van der Waals surface area contributed by atoms with Crippen LogP contribution in [0.4, 0.5) is 4.39 Å². The smallest absolute Gasteiger partial charge is 0.244 e. The lowest BCUT2D eigenvalue weighted by atomic mass is 10.0. The summed E-state index contributed by atoms with van der Waals surface area (Å²) in [6.07, 6.45) is 4.23. The minimum Gasteiger partial charge on any atom is -0.337 e. The highest BCUT2D eigenvalue weighted by Crippen LogP contribution is 2.37. The average molecular weight is 437 g/mol. The van der Waals surface area contributed by atoms with E-state index in [0.717, 1.165) is 26.5 Å². The Hall–Kier alpha value is -2.26. The summed E-state index contributed by atoms with van der Waals surface area (Å²) in [5.74, 6) is -0.360. The van der Waals surface area contributed by atoms with Crippen molar-refractivity contribution in [2.45, 2.75) is 18.4 Å². The number of hydrogen-bond acceptors (Lipinski definition) is 4. The molecule has 0 atom stereocenters. The van der Waals surface area contributed by atoms with Gasteiger partial charge in [-0.1, -0.05) is 17.7 Å². The van der Waals surface area contributed by atoms with Crippen LogP contribution in [0.2, 0.25) is 5.02 Å². The number of pyridine rings is 1. The normalized spacial score (nSPS) is 12.9. The van der Waals surface area contributed by atoms with Gasteiger partial charge in [-0.05, 0) is 31.2 Å². The van der Waals surface area contributed by atoms with Crippen molar-refractivity contribution >= 4 is 32.5 Å². The molecule has 154 valence electrons. The molecular weight excluding hydrogens is 415 g/mol. The molecule has 3 aromatic rings. The number of fused-ring (bicyclic) bond motifs is 1. The molecule has 9 heteroatoms. The number of aromatic nitrogens is 2. The first-order valence-corrected chi connectivity index (χ1v) is 10.7. The highest BCUT2D eigenvalue weighted by Gasteiger charge is 2.21. The first-order chi connectivity index (χ1) is 13.7. The molecule has 0 fully saturated rings. The van der Waals surface area contributed by atoms with E-state index in [2.05, 4.69) is 4.98 Å². The number of benzene rings is 1. The zero-order valence-corrected chi connectivity index (χ0v) is 17.9. The van der Waals surface area contributed by atoms with E-state index in [1.165, 1.54) is 26.4 Å². The van der Waals surface area contributed by atoms with Crippen molar-refractivity contribution in [1.82, 2.24) is 13.9 Å². The Labute approximate surface area is 174 Å². The third kappa shape index (κ3) is 4.06. The lowest BCUT2D eigenvalue weighted by Gasteiger charge is -2.12. The summed E-state index contributed by atoms with van der Waals surface area (Å²) < 4.78 is 42.2. The first-order valence-electron chi connectivity index (χ1n) is 8.87. The van der Waals surface area contributed by atoms with Gasteiger partial charge in [0.05, 0.1) is 12.1 Å². The molecule has 0 spiro atoms. The Balaban J connectivity index is 2.26. The number of rotatable bonds is 6. The quantitative estimate of drug-likeness (QED) is 0.638. The molecule has 0 aliphatic carbocycles. The molecule has 0 bridgehead atoms. The van der Waals surface area contributed by atoms with Gasteiger partial charge in [0.2, 0.25) is 10.0 Å². The van der Waals surface area contributed by atoms with Crippen molar-refractivity contribution in [2.75, 3.05) is 20.6 Å². The van der Waals surface area contributed by atoms with Crippen molar-refractivity contribution in [2.24, 2.45) is 5.73 Å². The number of halogens is 2. The van der Waals surface area contributed by atoms with Crippen LogP contribution in [0.3, 0.4) is 0 Å². The third-order valence-electron chi connectivity index (χ3n) is 4.72. The molecule has 0 unspecified atom stereocenters. The van der Waals surface area contributed by atoms with Gasteiger partial charge in [0, 0.05) is 60.3 Å². The van der Waals surface area contributed by atoms with E-state index in [1.54, 1.807) is 29.0 Å². The zero-order valence-electron chi connectivity index (χ0n) is 16.4. The summed E-state index contributed by atoms with van der Waals surface area (Å²) in [5.41, 5.74) is 8.33. The Morgan fingerprint density at radius 3 is 2.69 bits per heavy atom. The fourth-order valence-electron chi connectivity index (χ4n) is 3.27. The van der Waals surface area contributed by atoms with E-state index in [0.29, 0.717) is 10.6 Å². The minimum atomic E-state index is -3.64. The fraction of sp³-hybridized carbons (Fsp3) is 0.250. The molecule has 3 rings (SSSR count). The van der Waals surface area contributed by atoms with E-state index in [4.69, 9.17) is 17.3 Å². The van der Waals surface area contributed by atoms with Crippen LogP contribution in [0.1, 0.15) is 5.69 Å². The van der Waals surface area contributed by atoms with Crippen LogP contribution in [-0.4, -0.2) is 42.9 Å². The van der Waals surface area contributed by atoms with E-state index in [-0.39, 0.29) is 23.8 Å². The molecule has 0 saturated heterocycles. The van der Waals surface area contributed by atoms with Crippen molar-refractivity contribution in [3.05, 3.63) is 59.3 Å². The van der Waals surface area contributed by atoms with Crippen molar-refractivity contribution in [3.8, 4) is 11.1 Å². The summed E-state index contributed by atoms with van der Waals surface area (Å²) >= 11 is 6.18. The number of nitrogens with zero attached hydrogens (tertiary/aromatic N) is 3. The molecule has 0 aliphatic heterocycles. The SMILES string of the molecule is Cc1c(-c2cncc(S(=O)(=O)N(C)C)c2)c2ccc(Cl)cc2n1C/C(F)=C/CN. The second-order valence-electron chi connectivity index (χ2n) is 6.79. The maximum atomic E-state index is 14.2. The summed E-state index contributed by atoms with van der Waals surface area (Å²) in [7, 11) is -0.708. The lowest BCUT2D eigenvalue weighted by molar-refractivity contribution is 0.520. The summed E-state index contributed by atoms with van der Waals surface area (Å²) in [6, 6.07) is 6.93. The Kier molecular flexibility index (Phi) is 6.09. The Morgan fingerprint density at radius 1 is 1.31 bits per heavy atom. The standard InChI is InChI=1S/C20H22ClFN4O2S/c1-13-20(14-8-17(11-24-10-14)29(27,28)25(2)3)18-5-4-15(21)9-19(18)26(13)12-16(22)6-7-23/h4-6,8-11H,7,12,23H2,1-3H3/b16-6-. The predicted octanol–water partition coefficient (Wildman–Crippen LogP) is 3.73. The zero-order chi connectivity index (χ0) is 21.3. The summed E-state index contributed by atoms with van der Waals surface area (Å²) in [4.78, 5) is 4.22. The molecule has 0 aliphatic rings. The number of sulfonamides is 1. The molecule has 2 aromatic heterocycles. The van der Waals surface area contributed by atoms with Gasteiger partial charge >= 0.3 is 0 Å². The van der Waals surface area contributed by atoms with Gasteiger partial charge in [-0.15, -0.1) is 0 Å². The van der Waals surface area contributed by atoms with Crippen LogP contribution in [0.25, 0.3) is 22.0 Å². The van der Waals surface area contributed by atoms with Crippen LogP contribution in [0.15, 0.2) is 53.5 Å². The highest BCUT2D eigenvalue weighted by atomic mass is 35.5. The third-order valence-corrected chi connectivity index (χ3v) is 6.73. The van der Waals surface area contributed by atoms with E-state index in [1.807, 2.05) is 13.0 Å². The van der Waals surface area contributed by atoms with Crippen LogP contribution in [0.5, 0.6) is 0 Å². The van der Waals surface area contributed by atoms with E-state index < -0.39 is 10.0 Å². The highest BCUT2D eigenvalue weighted by molar-refractivity contribution is 7.89. The van der Waals surface area contributed by atoms with Gasteiger partial charge in [0.15, 0.2) is 0 Å². The van der Waals surface area contributed by atoms with Gasteiger partial charge < -0.3 is 10.3 Å². The lowest BCUT2D eigenvalue weighted by Crippen LogP contribution is -2.22. The Bertz CT molecular complexity index is 1200. The number of allylic oxidation sites excluding steroid dienone is 1. The van der Waals surface area contributed by atoms with E-state index in [9.17, 15) is 12.8 Å². The van der Waals surface area contributed by atoms with Crippen LogP contribution in [0, 0.1) is 6.92 Å². The van der Waals surface area contributed by atoms with Gasteiger partial charge in [-0.2, -0.15) is 0 Å².